The quantitative estimate of drug-likeness (QED) is 0.134. The Labute approximate surface area is 247 Å². The molecule has 0 unspecified atom stereocenters. The molecule has 0 aliphatic rings. The molecule has 0 saturated heterocycles. The Morgan fingerprint density at radius 2 is 1.49 bits per heavy atom. The molecule has 12 nitrogen and oxygen atoms in total. The van der Waals surface area contributed by atoms with Crippen molar-refractivity contribution >= 4 is 39.4 Å². The summed E-state index contributed by atoms with van der Waals surface area (Å²) in [5.41, 5.74) is 3.72. The molecule has 0 fully saturated rings. The largest absolute Gasteiger partial charge is 0.484 e. The van der Waals surface area contributed by atoms with Crippen molar-refractivity contribution < 1.29 is 27.7 Å². The fourth-order valence-corrected chi connectivity index (χ4v) is 5.21. The summed E-state index contributed by atoms with van der Waals surface area (Å²) < 4.78 is 33.0. The Morgan fingerprint density at radius 3 is 2.12 bits per heavy atom. The zero-order valence-corrected chi connectivity index (χ0v) is 23.5. The van der Waals surface area contributed by atoms with Crippen molar-refractivity contribution in [1.82, 2.24) is 10.7 Å². The number of nitro groups is 1. The molecule has 0 saturated carbocycles. The number of amides is 2. The number of nitrogens with one attached hydrogen (secondary N) is 2. The van der Waals surface area contributed by atoms with Crippen LogP contribution in [0, 0.1) is 10.1 Å². The van der Waals surface area contributed by atoms with Gasteiger partial charge < -0.3 is 10.1 Å². The number of anilines is 1. The number of carbonyl (C=O) groups excluding carboxylic acids is 2. The van der Waals surface area contributed by atoms with E-state index in [-0.39, 0.29) is 28.8 Å². The van der Waals surface area contributed by atoms with Crippen LogP contribution in [0.3, 0.4) is 0 Å². The SMILES string of the molecule is O=C(COc1ccc(/C=N\NC(=O)CN(c2ccc([N+](=O)[O-])cc2)S(=O)(=O)c2ccccc2)cc1)NCc1ccccc1. The van der Waals surface area contributed by atoms with Crippen LogP contribution in [-0.4, -0.2) is 44.5 Å². The third-order valence-corrected chi connectivity index (χ3v) is 7.74. The minimum Gasteiger partial charge on any atom is -0.484 e. The van der Waals surface area contributed by atoms with Gasteiger partial charge in [-0.1, -0.05) is 48.5 Å². The van der Waals surface area contributed by atoms with Gasteiger partial charge in [-0.05, 0) is 59.7 Å². The van der Waals surface area contributed by atoms with Crippen LogP contribution in [0.25, 0.3) is 0 Å². The van der Waals surface area contributed by atoms with Crippen LogP contribution < -0.4 is 19.8 Å². The molecule has 2 amide bonds. The minimum absolute atomic E-state index is 0.0550. The summed E-state index contributed by atoms with van der Waals surface area (Å²) in [6.45, 7) is -0.396. The highest BCUT2D eigenvalue weighted by Crippen LogP contribution is 2.25. The van der Waals surface area contributed by atoms with Gasteiger partial charge in [0.05, 0.1) is 21.7 Å². The molecule has 13 heteroatoms. The second-order valence-electron chi connectivity index (χ2n) is 9.01. The molecule has 0 radical (unpaired) electrons. The minimum atomic E-state index is -4.19. The number of sulfonamides is 1. The van der Waals surface area contributed by atoms with E-state index < -0.39 is 27.4 Å². The number of benzene rings is 4. The maximum absolute atomic E-state index is 13.3. The maximum Gasteiger partial charge on any atom is 0.269 e. The standard InChI is InChI=1S/C30H27N5O7S/c36-29(21-34(25-13-15-26(16-14-25)35(38)39)43(40,41)28-9-5-2-6-10-28)33-32-20-24-11-17-27(18-12-24)42-22-30(37)31-19-23-7-3-1-4-8-23/h1-18,20H,19,21-22H2,(H,31,37)(H,33,36)/b32-20-. The molecule has 0 spiro atoms. The molecule has 4 aromatic carbocycles. The highest BCUT2D eigenvalue weighted by molar-refractivity contribution is 7.92. The third kappa shape index (κ3) is 8.71. The number of hydrogen-bond donors (Lipinski definition) is 2. The number of nitrogens with zero attached hydrogens (tertiary/aromatic N) is 3. The van der Waals surface area contributed by atoms with Gasteiger partial charge >= 0.3 is 0 Å². The zero-order chi connectivity index (χ0) is 30.7. The number of rotatable bonds is 13. The van der Waals surface area contributed by atoms with Gasteiger partial charge in [0.15, 0.2) is 6.61 Å². The van der Waals surface area contributed by atoms with Crippen LogP contribution in [0.2, 0.25) is 0 Å². The van der Waals surface area contributed by atoms with Crippen LogP contribution in [-0.2, 0) is 26.2 Å². The molecule has 4 aromatic rings. The van der Waals surface area contributed by atoms with Crippen molar-refractivity contribution in [3.63, 3.8) is 0 Å². The molecular weight excluding hydrogens is 574 g/mol. The summed E-state index contributed by atoms with van der Waals surface area (Å²) >= 11 is 0. The van der Waals surface area contributed by atoms with Crippen molar-refractivity contribution in [2.45, 2.75) is 11.4 Å². The van der Waals surface area contributed by atoms with E-state index in [0.29, 0.717) is 17.9 Å². The average molecular weight is 602 g/mol. The van der Waals surface area contributed by atoms with E-state index in [4.69, 9.17) is 4.74 Å². The van der Waals surface area contributed by atoms with Gasteiger partial charge in [-0.25, -0.2) is 13.8 Å². The first kappa shape index (κ1) is 30.4. The van der Waals surface area contributed by atoms with Crippen LogP contribution in [0.1, 0.15) is 11.1 Å². The average Bonchev–Trinajstić information content (AvgIpc) is 3.03. The van der Waals surface area contributed by atoms with E-state index >= 15 is 0 Å². The van der Waals surface area contributed by atoms with Crippen molar-refractivity contribution in [2.75, 3.05) is 17.5 Å². The summed E-state index contributed by atoms with van der Waals surface area (Å²) in [7, 11) is -4.19. The molecule has 0 atom stereocenters. The van der Waals surface area contributed by atoms with E-state index in [1.807, 2.05) is 30.3 Å². The molecule has 4 rings (SSSR count). The molecule has 0 aromatic heterocycles. The first-order chi connectivity index (χ1) is 20.7. The molecule has 0 aliphatic heterocycles. The predicted octanol–water partition coefficient (Wildman–Crippen LogP) is 3.64. The van der Waals surface area contributed by atoms with Gasteiger partial charge in [0.25, 0.3) is 27.5 Å². The lowest BCUT2D eigenvalue weighted by Crippen LogP contribution is -2.39. The Hall–Kier alpha value is -5.56. The van der Waals surface area contributed by atoms with Gasteiger partial charge in [0, 0.05) is 18.7 Å². The zero-order valence-electron chi connectivity index (χ0n) is 22.7. The van der Waals surface area contributed by atoms with Gasteiger partial charge in [0.2, 0.25) is 0 Å². The molecule has 0 bridgehead atoms. The third-order valence-electron chi connectivity index (χ3n) is 5.95. The maximum atomic E-state index is 13.3. The van der Waals surface area contributed by atoms with Crippen LogP contribution in [0.15, 0.2) is 119 Å². The summed E-state index contributed by atoms with van der Waals surface area (Å²) in [4.78, 5) is 35.1. The number of carbonyl (C=O) groups is 2. The first-order valence-corrected chi connectivity index (χ1v) is 14.3. The van der Waals surface area contributed by atoms with Crippen LogP contribution >= 0.6 is 0 Å². The number of nitro benzene ring substituents is 1. The lowest BCUT2D eigenvalue weighted by atomic mass is 10.2. The van der Waals surface area contributed by atoms with Crippen molar-refractivity contribution in [3.05, 3.63) is 130 Å². The Morgan fingerprint density at radius 1 is 0.860 bits per heavy atom. The summed E-state index contributed by atoms with van der Waals surface area (Å²) in [6, 6.07) is 28.4. The smallest absolute Gasteiger partial charge is 0.269 e. The normalized spacial score (nSPS) is 11.1. The molecule has 0 heterocycles. The van der Waals surface area contributed by atoms with Crippen LogP contribution in [0.4, 0.5) is 11.4 Å². The van der Waals surface area contributed by atoms with Gasteiger partial charge in [0.1, 0.15) is 12.3 Å². The van der Waals surface area contributed by atoms with Crippen molar-refractivity contribution in [1.29, 1.82) is 0 Å². The monoisotopic (exact) mass is 601 g/mol. The van der Waals surface area contributed by atoms with E-state index in [0.717, 1.165) is 22.0 Å². The lowest BCUT2D eigenvalue weighted by molar-refractivity contribution is -0.384. The van der Waals surface area contributed by atoms with Gasteiger partial charge in [-0.2, -0.15) is 5.10 Å². The van der Waals surface area contributed by atoms with E-state index in [1.165, 1.54) is 30.5 Å². The van der Waals surface area contributed by atoms with E-state index in [1.54, 1.807) is 42.5 Å². The Bertz CT molecular complexity index is 1680. The summed E-state index contributed by atoms with van der Waals surface area (Å²) in [6.07, 6.45) is 1.36. The second-order valence-corrected chi connectivity index (χ2v) is 10.9. The van der Waals surface area contributed by atoms with Crippen molar-refractivity contribution in [2.24, 2.45) is 5.10 Å². The molecule has 2 N–H and O–H groups in total. The highest BCUT2D eigenvalue weighted by Gasteiger charge is 2.27. The molecule has 0 aliphatic carbocycles. The topological polar surface area (TPSA) is 160 Å². The number of ether oxygens (including phenoxy) is 1. The fourth-order valence-electron chi connectivity index (χ4n) is 3.77. The van der Waals surface area contributed by atoms with E-state index in [9.17, 15) is 28.1 Å². The lowest BCUT2D eigenvalue weighted by Gasteiger charge is -2.23. The fraction of sp³-hybridized carbons (Fsp3) is 0.100. The predicted molar refractivity (Wildman–Crippen MR) is 160 cm³/mol. The molecule has 220 valence electrons. The van der Waals surface area contributed by atoms with Crippen LogP contribution in [0.5, 0.6) is 5.75 Å². The Kier molecular flexibility index (Phi) is 10.2. The summed E-state index contributed by atoms with van der Waals surface area (Å²) in [5, 5.41) is 17.7. The van der Waals surface area contributed by atoms with E-state index in [2.05, 4.69) is 15.8 Å². The number of hydrogen-bond acceptors (Lipinski definition) is 8. The van der Waals surface area contributed by atoms with Crippen molar-refractivity contribution in [3.8, 4) is 5.75 Å². The second kappa shape index (κ2) is 14.4. The number of non-ortho nitro benzene ring substituents is 1. The molecule has 43 heavy (non-hydrogen) atoms. The van der Waals surface area contributed by atoms with Gasteiger partial charge in [-0.3, -0.25) is 24.0 Å². The Balaban J connectivity index is 1.34. The number of hydrazone groups is 1. The highest BCUT2D eigenvalue weighted by atomic mass is 32.2. The molecular formula is C30H27N5O7S. The first-order valence-electron chi connectivity index (χ1n) is 12.9. The van der Waals surface area contributed by atoms with Gasteiger partial charge in [-0.15, -0.1) is 0 Å². The summed E-state index contributed by atoms with van der Waals surface area (Å²) in [5.74, 6) is -0.550.